The lowest BCUT2D eigenvalue weighted by atomic mass is 10.1. The van der Waals surface area contributed by atoms with Crippen LogP contribution < -0.4 is 10.5 Å². The summed E-state index contributed by atoms with van der Waals surface area (Å²) in [6, 6.07) is 7.49. The van der Waals surface area contributed by atoms with Crippen molar-refractivity contribution < 1.29 is 17.9 Å². The summed E-state index contributed by atoms with van der Waals surface area (Å²) >= 11 is 0. The number of hydrogen-bond acceptors (Lipinski definition) is 3. The van der Waals surface area contributed by atoms with Crippen molar-refractivity contribution in [1.82, 2.24) is 4.98 Å². The number of benzene rings is 1. The summed E-state index contributed by atoms with van der Waals surface area (Å²) in [5, 5.41) is 0. The molecular formula is C15H15F3N2O. The molecule has 0 unspecified atom stereocenters. The van der Waals surface area contributed by atoms with Crippen LogP contribution in [0.2, 0.25) is 0 Å². The summed E-state index contributed by atoms with van der Waals surface area (Å²) in [6.07, 6.45) is -0.679. The minimum absolute atomic E-state index is 0.0546. The fourth-order valence-corrected chi connectivity index (χ4v) is 1.88. The predicted molar refractivity (Wildman–Crippen MR) is 72.8 cm³/mol. The number of alkyl halides is 3. The van der Waals surface area contributed by atoms with Crippen molar-refractivity contribution in [3.63, 3.8) is 0 Å². The first-order valence-corrected chi connectivity index (χ1v) is 6.42. The molecule has 0 aliphatic heterocycles. The Balaban J connectivity index is 2.09. The fraction of sp³-hybridized carbons (Fsp3) is 0.267. The molecule has 1 aromatic heterocycles. The van der Waals surface area contributed by atoms with Gasteiger partial charge in [0, 0.05) is 25.4 Å². The van der Waals surface area contributed by atoms with Crippen LogP contribution in [0.4, 0.5) is 13.2 Å². The molecule has 21 heavy (non-hydrogen) atoms. The maximum Gasteiger partial charge on any atom is 0.419 e. The molecule has 0 saturated carbocycles. The van der Waals surface area contributed by atoms with Crippen LogP contribution in [0.15, 0.2) is 42.7 Å². The van der Waals surface area contributed by atoms with Gasteiger partial charge < -0.3 is 10.5 Å². The van der Waals surface area contributed by atoms with Crippen LogP contribution in [0, 0.1) is 0 Å². The lowest BCUT2D eigenvalue weighted by Crippen LogP contribution is -2.11. The number of nitrogens with zero attached hydrogens (tertiary/aromatic N) is 1. The van der Waals surface area contributed by atoms with Gasteiger partial charge in [-0.2, -0.15) is 13.2 Å². The number of aromatic nitrogens is 1. The largest absolute Gasteiger partial charge is 0.493 e. The molecule has 1 aromatic carbocycles. The van der Waals surface area contributed by atoms with Crippen molar-refractivity contribution in [2.45, 2.75) is 19.1 Å². The highest BCUT2D eigenvalue weighted by molar-refractivity contribution is 5.39. The molecule has 0 atom stereocenters. The van der Waals surface area contributed by atoms with Crippen LogP contribution in [-0.4, -0.2) is 11.6 Å². The molecule has 3 nitrogen and oxygen atoms in total. The Morgan fingerprint density at radius 2 is 1.95 bits per heavy atom. The third kappa shape index (κ3) is 4.19. The second kappa shape index (κ2) is 6.58. The first-order chi connectivity index (χ1) is 10.0. The van der Waals surface area contributed by atoms with E-state index >= 15 is 0 Å². The zero-order chi connectivity index (χ0) is 15.3. The number of ether oxygens (including phenoxy) is 1. The van der Waals surface area contributed by atoms with Gasteiger partial charge in [0.1, 0.15) is 5.75 Å². The topological polar surface area (TPSA) is 48.1 Å². The van der Waals surface area contributed by atoms with Crippen molar-refractivity contribution in [3.8, 4) is 5.75 Å². The summed E-state index contributed by atoms with van der Waals surface area (Å²) in [5.41, 5.74) is 5.90. The van der Waals surface area contributed by atoms with Crippen LogP contribution in [0.3, 0.4) is 0 Å². The lowest BCUT2D eigenvalue weighted by molar-refractivity contribution is -0.139. The van der Waals surface area contributed by atoms with Gasteiger partial charge in [0.05, 0.1) is 12.2 Å². The first kappa shape index (κ1) is 15.3. The molecule has 0 aliphatic carbocycles. The zero-order valence-electron chi connectivity index (χ0n) is 11.2. The number of hydrogen-bond donors (Lipinski definition) is 1. The Morgan fingerprint density at radius 3 is 2.57 bits per heavy atom. The van der Waals surface area contributed by atoms with Gasteiger partial charge in [-0.1, -0.05) is 12.1 Å². The number of rotatable bonds is 5. The Morgan fingerprint density at radius 1 is 1.14 bits per heavy atom. The molecular weight excluding hydrogens is 281 g/mol. The quantitative estimate of drug-likeness (QED) is 0.922. The monoisotopic (exact) mass is 296 g/mol. The Labute approximate surface area is 120 Å². The summed E-state index contributed by atoms with van der Waals surface area (Å²) in [4.78, 5) is 3.94. The molecule has 0 radical (unpaired) electrons. The molecule has 0 spiro atoms. The SMILES string of the molecule is NCc1ccc(OCCc2cccnc2)c(C(F)(F)F)c1. The van der Waals surface area contributed by atoms with Crippen LogP contribution in [-0.2, 0) is 19.1 Å². The van der Waals surface area contributed by atoms with Crippen molar-refractivity contribution in [2.24, 2.45) is 5.73 Å². The van der Waals surface area contributed by atoms with E-state index < -0.39 is 11.7 Å². The maximum absolute atomic E-state index is 13.0. The normalized spacial score (nSPS) is 11.4. The molecule has 2 aromatic rings. The van der Waals surface area contributed by atoms with Gasteiger partial charge in [-0.05, 0) is 29.3 Å². The third-order valence-corrected chi connectivity index (χ3v) is 2.96. The molecule has 0 aliphatic rings. The molecule has 2 N–H and O–H groups in total. The Bertz CT molecular complexity index is 585. The van der Waals surface area contributed by atoms with E-state index in [-0.39, 0.29) is 18.9 Å². The van der Waals surface area contributed by atoms with Gasteiger partial charge in [-0.25, -0.2) is 0 Å². The molecule has 0 bridgehead atoms. The molecule has 0 fully saturated rings. The minimum Gasteiger partial charge on any atom is -0.493 e. The molecule has 6 heteroatoms. The second-order valence-corrected chi connectivity index (χ2v) is 4.49. The maximum atomic E-state index is 13.0. The Hall–Kier alpha value is -2.08. The van der Waals surface area contributed by atoms with Gasteiger partial charge >= 0.3 is 6.18 Å². The third-order valence-electron chi connectivity index (χ3n) is 2.96. The van der Waals surface area contributed by atoms with E-state index in [1.807, 2.05) is 6.07 Å². The van der Waals surface area contributed by atoms with E-state index in [1.165, 1.54) is 12.1 Å². The molecule has 0 saturated heterocycles. The van der Waals surface area contributed by atoms with Crippen molar-refractivity contribution in [3.05, 3.63) is 59.4 Å². The van der Waals surface area contributed by atoms with Crippen LogP contribution in [0.1, 0.15) is 16.7 Å². The fourth-order valence-electron chi connectivity index (χ4n) is 1.88. The van der Waals surface area contributed by atoms with E-state index in [2.05, 4.69) is 4.98 Å². The smallest absolute Gasteiger partial charge is 0.419 e. The van der Waals surface area contributed by atoms with Crippen LogP contribution in [0.25, 0.3) is 0 Å². The van der Waals surface area contributed by atoms with E-state index in [0.717, 1.165) is 11.6 Å². The lowest BCUT2D eigenvalue weighted by Gasteiger charge is -2.15. The molecule has 1 heterocycles. The van der Waals surface area contributed by atoms with Crippen molar-refractivity contribution in [2.75, 3.05) is 6.61 Å². The van der Waals surface area contributed by atoms with Crippen LogP contribution in [0.5, 0.6) is 5.75 Å². The Kier molecular flexibility index (Phi) is 4.80. The van der Waals surface area contributed by atoms with Crippen molar-refractivity contribution in [1.29, 1.82) is 0 Å². The molecule has 2 rings (SSSR count). The summed E-state index contributed by atoms with van der Waals surface area (Å²) in [5.74, 6) is -0.177. The average molecular weight is 296 g/mol. The van der Waals surface area contributed by atoms with Crippen LogP contribution >= 0.6 is 0 Å². The number of pyridine rings is 1. The van der Waals surface area contributed by atoms with E-state index in [9.17, 15) is 13.2 Å². The zero-order valence-corrected chi connectivity index (χ0v) is 11.2. The minimum atomic E-state index is -4.46. The number of halogens is 3. The summed E-state index contributed by atoms with van der Waals surface area (Å²) < 4.78 is 44.2. The second-order valence-electron chi connectivity index (χ2n) is 4.49. The summed E-state index contributed by atoms with van der Waals surface area (Å²) in [6.45, 7) is 0.204. The van der Waals surface area contributed by atoms with E-state index in [4.69, 9.17) is 10.5 Å². The predicted octanol–water partition coefficient (Wildman–Crippen LogP) is 3.18. The van der Waals surface area contributed by atoms with E-state index in [0.29, 0.717) is 12.0 Å². The van der Waals surface area contributed by atoms with Gasteiger partial charge in [0.25, 0.3) is 0 Å². The van der Waals surface area contributed by atoms with Gasteiger partial charge in [0.2, 0.25) is 0 Å². The van der Waals surface area contributed by atoms with E-state index in [1.54, 1.807) is 18.5 Å². The highest BCUT2D eigenvalue weighted by Crippen LogP contribution is 2.36. The molecule has 112 valence electrons. The average Bonchev–Trinajstić information content (AvgIpc) is 2.47. The highest BCUT2D eigenvalue weighted by Gasteiger charge is 2.34. The van der Waals surface area contributed by atoms with Gasteiger partial charge in [0.15, 0.2) is 0 Å². The standard InChI is InChI=1S/C15H15F3N2O/c16-15(17,18)13-8-12(9-19)3-4-14(13)21-7-5-11-2-1-6-20-10-11/h1-4,6,8,10H,5,7,9,19H2. The van der Waals surface area contributed by atoms with Crippen molar-refractivity contribution >= 4 is 0 Å². The first-order valence-electron chi connectivity index (χ1n) is 6.42. The van der Waals surface area contributed by atoms with Gasteiger partial charge in [-0.3, -0.25) is 4.98 Å². The highest BCUT2D eigenvalue weighted by atomic mass is 19.4. The number of nitrogens with two attached hydrogens (primary N) is 1. The summed E-state index contributed by atoms with van der Waals surface area (Å²) in [7, 11) is 0. The van der Waals surface area contributed by atoms with Gasteiger partial charge in [-0.15, -0.1) is 0 Å². The molecule has 0 amide bonds.